The quantitative estimate of drug-likeness (QED) is 0.351. The predicted octanol–water partition coefficient (Wildman–Crippen LogP) is 6.81. The van der Waals surface area contributed by atoms with Crippen molar-refractivity contribution in [3.63, 3.8) is 0 Å². The molecule has 0 fully saturated rings. The second-order valence-electron chi connectivity index (χ2n) is 6.01. The Hall–Kier alpha value is -2.68. The molecule has 5 heteroatoms. The molecular formula is C22H13Br2N3. The third-order valence-corrected chi connectivity index (χ3v) is 5.30. The van der Waals surface area contributed by atoms with Gasteiger partial charge in [-0.25, -0.2) is 4.98 Å². The van der Waals surface area contributed by atoms with Crippen LogP contribution in [0.1, 0.15) is 5.56 Å². The van der Waals surface area contributed by atoms with Crippen molar-refractivity contribution >= 4 is 31.9 Å². The van der Waals surface area contributed by atoms with E-state index in [2.05, 4.69) is 55.0 Å². The maximum atomic E-state index is 9.01. The molecule has 1 heterocycles. The van der Waals surface area contributed by atoms with Gasteiger partial charge in [0.15, 0.2) is 0 Å². The number of nitrogens with one attached hydrogen (secondary N) is 1. The molecule has 0 amide bonds. The molecule has 0 atom stereocenters. The summed E-state index contributed by atoms with van der Waals surface area (Å²) in [5.41, 5.74) is 5.52. The van der Waals surface area contributed by atoms with Crippen LogP contribution in [0.5, 0.6) is 0 Å². The molecule has 27 heavy (non-hydrogen) atoms. The number of imidazole rings is 1. The van der Waals surface area contributed by atoms with E-state index in [1.807, 2.05) is 48.5 Å². The fourth-order valence-electron chi connectivity index (χ4n) is 2.85. The first-order valence-electron chi connectivity index (χ1n) is 8.26. The molecular weight excluding hydrogens is 466 g/mol. The van der Waals surface area contributed by atoms with Crippen LogP contribution in [0.4, 0.5) is 0 Å². The summed E-state index contributed by atoms with van der Waals surface area (Å²) in [6.07, 6.45) is 0. The van der Waals surface area contributed by atoms with Gasteiger partial charge in [0, 0.05) is 25.6 Å². The molecule has 0 saturated carbocycles. The molecule has 0 saturated heterocycles. The molecule has 0 aliphatic heterocycles. The predicted molar refractivity (Wildman–Crippen MR) is 115 cm³/mol. The van der Waals surface area contributed by atoms with Gasteiger partial charge in [-0.05, 0) is 48.5 Å². The maximum absolute atomic E-state index is 9.01. The van der Waals surface area contributed by atoms with Gasteiger partial charge in [0.05, 0.1) is 23.0 Å². The van der Waals surface area contributed by atoms with E-state index in [0.717, 1.165) is 42.8 Å². The lowest BCUT2D eigenvalue weighted by molar-refractivity contribution is 1.31. The van der Waals surface area contributed by atoms with E-state index in [0.29, 0.717) is 5.56 Å². The van der Waals surface area contributed by atoms with Crippen LogP contribution in [-0.4, -0.2) is 9.97 Å². The van der Waals surface area contributed by atoms with Crippen LogP contribution < -0.4 is 0 Å². The van der Waals surface area contributed by atoms with Gasteiger partial charge in [-0.1, -0.05) is 56.1 Å². The zero-order valence-electron chi connectivity index (χ0n) is 14.1. The first-order valence-corrected chi connectivity index (χ1v) is 9.85. The summed E-state index contributed by atoms with van der Waals surface area (Å²) in [6, 6.07) is 25.8. The molecule has 3 nitrogen and oxygen atoms in total. The monoisotopic (exact) mass is 477 g/mol. The Morgan fingerprint density at radius 2 is 1.22 bits per heavy atom. The molecule has 4 rings (SSSR count). The number of nitriles is 1. The fraction of sp³-hybridized carbons (Fsp3) is 0. The Bertz CT molecular complexity index is 1060. The van der Waals surface area contributed by atoms with Crippen LogP contribution in [0.25, 0.3) is 33.9 Å². The van der Waals surface area contributed by atoms with Crippen LogP contribution in [0, 0.1) is 11.3 Å². The lowest BCUT2D eigenvalue weighted by Gasteiger charge is -2.04. The Balaban J connectivity index is 1.87. The highest BCUT2D eigenvalue weighted by molar-refractivity contribution is 9.10. The molecule has 3 aromatic carbocycles. The second kappa shape index (κ2) is 7.51. The number of nitrogens with zero attached hydrogens (tertiary/aromatic N) is 2. The van der Waals surface area contributed by atoms with Gasteiger partial charge in [0.25, 0.3) is 0 Å². The summed E-state index contributed by atoms with van der Waals surface area (Å²) < 4.78 is 2.06. The molecule has 1 aromatic heterocycles. The van der Waals surface area contributed by atoms with Gasteiger partial charge in [0.2, 0.25) is 0 Å². The molecule has 1 N–H and O–H groups in total. The number of aromatic amines is 1. The van der Waals surface area contributed by atoms with Crippen molar-refractivity contribution in [2.45, 2.75) is 0 Å². The lowest BCUT2D eigenvalue weighted by Crippen LogP contribution is -1.83. The van der Waals surface area contributed by atoms with Crippen LogP contribution in [-0.2, 0) is 0 Å². The Morgan fingerprint density at radius 3 is 1.78 bits per heavy atom. The molecule has 0 unspecified atom stereocenters. The summed E-state index contributed by atoms with van der Waals surface area (Å²) in [5, 5.41) is 9.01. The number of rotatable bonds is 3. The molecule has 4 aromatic rings. The first-order chi connectivity index (χ1) is 13.1. The van der Waals surface area contributed by atoms with Gasteiger partial charge in [0.1, 0.15) is 5.82 Å². The number of hydrogen-bond donors (Lipinski definition) is 1. The largest absolute Gasteiger partial charge is 0.337 e. The van der Waals surface area contributed by atoms with E-state index >= 15 is 0 Å². The molecule has 0 bridgehead atoms. The van der Waals surface area contributed by atoms with Crippen LogP contribution in [0.2, 0.25) is 0 Å². The maximum Gasteiger partial charge on any atom is 0.138 e. The average molecular weight is 479 g/mol. The summed E-state index contributed by atoms with van der Waals surface area (Å²) >= 11 is 6.97. The van der Waals surface area contributed by atoms with Crippen molar-refractivity contribution < 1.29 is 0 Å². The topological polar surface area (TPSA) is 52.5 Å². The third kappa shape index (κ3) is 3.73. The van der Waals surface area contributed by atoms with E-state index in [9.17, 15) is 0 Å². The number of H-pyrrole nitrogens is 1. The molecule has 0 radical (unpaired) electrons. The van der Waals surface area contributed by atoms with Gasteiger partial charge in [-0.3, -0.25) is 0 Å². The normalized spacial score (nSPS) is 10.6. The van der Waals surface area contributed by atoms with Gasteiger partial charge >= 0.3 is 0 Å². The highest BCUT2D eigenvalue weighted by atomic mass is 79.9. The standard InChI is InChI=1S/C22H13Br2N3/c23-18-9-5-15(6-10-18)20-21(16-7-11-19(24)12-8-16)27-22(26-20)17-3-1-14(13-25)2-4-17/h1-12H,(H,26,27). The fourth-order valence-corrected chi connectivity index (χ4v) is 3.38. The lowest BCUT2D eigenvalue weighted by atomic mass is 10.1. The van der Waals surface area contributed by atoms with E-state index in [1.54, 1.807) is 12.1 Å². The van der Waals surface area contributed by atoms with Crippen LogP contribution in [0.3, 0.4) is 0 Å². The van der Waals surface area contributed by atoms with E-state index in [4.69, 9.17) is 10.2 Å². The zero-order chi connectivity index (χ0) is 18.8. The Kier molecular flexibility index (Phi) is 4.93. The Labute approximate surface area is 174 Å². The van der Waals surface area contributed by atoms with Crippen molar-refractivity contribution in [2.24, 2.45) is 0 Å². The third-order valence-electron chi connectivity index (χ3n) is 4.24. The van der Waals surface area contributed by atoms with Crippen molar-refractivity contribution in [1.82, 2.24) is 9.97 Å². The summed E-state index contributed by atoms with van der Waals surface area (Å²) in [6.45, 7) is 0. The van der Waals surface area contributed by atoms with Crippen LogP contribution >= 0.6 is 31.9 Å². The number of aromatic nitrogens is 2. The number of hydrogen-bond acceptors (Lipinski definition) is 2. The van der Waals surface area contributed by atoms with E-state index in [-0.39, 0.29) is 0 Å². The van der Waals surface area contributed by atoms with Crippen molar-refractivity contribution in [2.75, 3.05) is 0 Å². The SMILES string of the molecule is N#Cc1ccc(-c2nc(-c3ccc(Br)cc3)c(-c3ccc(Br)cc3)[nH]2)cc1. The van der Waals surface area contributed by atoms with Crippen LogP contribution in [0.15, 0.2) is 81.7 Å². The minimum atomic E-state index is 0.631. The van der Waals surface area contributed by atoms with E-state index < -0.39 is 0 Å². The summed E-state index contributed by atoms with van der Waals surface area (Å²) in [5.74, 6) is 0.773. The van der Waals surface area contributed by atoms with Crippen molar-refractivity contribution in [3.8, 4) is 40.0 Å². The van der Waals surface area contributed by atoms with E-state index in [1.165, 1.54) is 0 Å². The second-order valence-corrected chi connectivity index (χ2v) is 7.84. The highest BCUT2D eigenvalue weighted by Crippen LogP contribution is 2.34. The minimum absolute atomic E-state index is 0.631. The molecule has 130 valence electrons. The van der Waals surface area contributed by atoms with Crippen molar-refractivity contribution in [1.29, 1.82) is 5.26 Å². The zero-order valence-corrected chi connectivity index (χ0v) is 17.3. The molecule has 0 aliphatic rings. The van der Waals surface area contributed by atoms with Gasteiger partial charge < -0.3 is 4.98 Å². The number of benzene rings is 3. The smallest absolute Gasteiger partial charge is 0.138 e. The first kappa shape index (κ1) is 17.7. The Morgan fingerprint density at radius 1 is 0.704 bits per heavy atom. The molecule has 0 aliphatic carbocycles. The van der Waals surface area contributed by atoms with Crippen molar-refractivity contribution in [3.05, 3.63) is 87.3 Å². The minimum Gasteiger partial charge on any atom is -0.337 e. The average Bonchev–Trinajstić information content (AvgIpc) is 3.14. The highest BCUT2D eigenvalue weighted by Gasteiger charge is 2.15. The molecule has 0 spiro atoms. The summed E-state index contributed by atoms with van der Waals surface area (Å²) in [4.78, 5) is 8.33. The van der Waals surface area contributed by atoms with Gasteiger partial charge in [-0.2, -0.15) is 5.26 Å². The number of halogens is 2. The van der Waals surface area contributed by atoms with Gasteiger partial charge in [-0.15, -0.1) is 0 Å². The summed E-state index contributed by atoms with van der Waals surface area (Å²) in [7, 11) is 0.